The molecule has 0 amide bonds. The van der Waals surface area contributed by atoms with Crippen LogP contribution >= 0.6 is 0 Å². The average molecular weight is 162 g/mol. The van der Waals surface area contributed by atoms with Crippen molar-refractivity contribution in [2.75, 3.05) is 6.54 Å². The van der Waals surface area contributed by atoms with Crippen molar-refractivity contribution in [1.82, 2.24) is 4.90 Å². The summed E-state index contributed by atoms with van der Waals surface area (Å²) >= 11 is 0. The van der Waals surface area contributed by atoms with Crippen LogP contribution in [0.5, 0.6) is 0 Å². The van der Waals surface area contributed by atoms with Crippen LogP contribution in [-0.2, 0) is 0 Å². The zero-order chi connectivity index (χ0) is 8.77. The molecule has 0 radical (unpaired) electrons. The van der Waals surface area contributed by atoms with E-state index in [1.165, 1.54) is 5.70 Å². The summed E-state index contributed by atoms with van der Waals surface area (Å²) < 4.78 is 0. The number of hydrogen-bond acceptors (Lipinski definition) is 2. The first-order chi connectivity index (χ1) is 5.59. The molecule has 2 aliphatic heterocycles. The van der Waals surface area contributed by atoms with Crippen molar-refractivity contribution in [1.29, 1.82) is 0 Å². The van der Waals surface area contributed by atoms with Crippen LogP contribution in [0.1, 0.15) is 13.8 Å². The van der Waals surface area contributed by atoms with Gasteiger partial charge in [0.05, 0.1) is 5.54 Å². The van der Waals surface area contributed by atoms with Gasteiger partial charge in [-0.1, -0.05) is 6.08 Å². The molecule has 2 N–H and O–H groups in total. The third-order valence-corrected chi connectivity index (χ3v) is 2.42. The van der Waals surface area contributed by atoms with Crippen LogP contribution in [0.15, 0.2) is 35.7 Å². The van der Waals surface area contributed by atoms with E-state index in [0.29, 0.717) is 0 Å². The molecule has 0 unspecified atom stereocenters. The van der Waals surface area contributed by atoms with Gasteiger partial charge in [0.2, 0.25) is 0 Å². The largest absolute Gasteiger partial charge is 0.399 e. The summed E-state index contributed by atoms with van der Waals surface area (Å²) in [4.78, 5) is 2.34. The Balaban J connectivity index is 2.43. The molecule has 0 aliphatic carbocycles. The Morgan fingerprint density at radius 1 is 1.50 bits per heavy atom. The standard InChI is InChI=1S/C10H14N2/c1-10(2)7-8(11)6-9-4-3-5-12(9)10/h3-4,6-7H,5,11H2,1-2H3. The fraction of sp³-hybridized carbons (Fsp3) is 0.400. The Morgan fingerprint density at radius 2 is 2.25 bits per heavy atom. The van der Waals surface area contributed by atoms with Gasteiger partial charge in [-0.2, -0.15) is 0 Å². The fourth-order valence-electron chi connectivity index (χ4n) is 1.87. The second-order valence-corrected chi connectivity index (χ2v) is 3.88. The van der Waals surface area contributed by atoms with Gasteiger partial charge in [-0.15, -0.1) is 0 Å². The molecule has 0 aromatic carbocycles. The predicted molar refractivity (Wildman–Crippen MR) is 50.3 cm³/mol. The Bertz CT molecular complexity index is 295. The third kappa shape index (κ3) is 0.951. The molecule has 2 nitrogen and oxygen atoms in total. The highest BCUT2D eigenvalue weighted by Crippen LogP contribution is 2.30. The molecule has 64 valence electrons. The molecule has 0 atom stereocenters. The molecule has 0 saturated heterocycles. The van der Waals surface area contributed by atoms with Gasteiger partial charge in [0, 0.05) is 17.9 Å². The lowest BCUT2D eigenvalue weighted by Gasteiger charge is -2.38. The summed E-state index contributed by atoms with van der Waals surface area (Å²) in [7, 11) is 0. The Labute approximate surface area is 73.0 Å². The zero-order valence-electron chi connectivity index (χ0n) is 7.54. The van der Waals surface area contributed by atoms with Gasteiger partial charge in [-0.3, -0.25) is 0 Å². The second-order valence-electron chi connectivity index (χ2n) is 3.88. The van der Waals surface area contributed by atoms with Gasteiger partial charge in [0.25, 0.3) is 0 Å². The first-order valence-electron chi connectivity index (χ1n) is 4.24. The van der Waals surface area contributed by atoms with E-state index in [2.05, 4.69) is 37.0 Å². The van der Waals surface area contributed by atoms with E-state index in [0.717, 1.165) is 12.2 Å². The zero-order valence-corrected chi connectivity index (χ0v) is 7.54. The smallest absolute Gasteiger partial charge is 0.0554 e. The van der Waals surface area contributed by atoms with Crippen molar-refractivity contribution < 1.29 is 0 Å². The van der Waals surface area contributed by atoms with Gasteiger partial charge in [0.1, 0.15) is 0 Å². The number of hydrogen-bond donors (Lipinski definition) is 1. The van der Waals surface area contributed by atoms with Gasteiger partial charge in [0.15, 0.2) is 0 Å². The van der Waals surface area contributed by atoms with Crippen molar-refractivity contribution >= 4 is 0 Å². The van der Waals surface area contributed by atoms with E-state index in [4.69, 9.17) is 5.73 Å². The van der Waals surface area contributed by atoms with E-state index < -0.39 is 0 Å². The van der Waals surface area contributed by atoms with Gasteiger partial charge in [-0.25, -0.2) is 0 Å². The number of fused-ring (bicyclic) bond motifs is 1. The Kier molecular flexibility index (Phi) is 1.34. The van der Waals surface area contributed by atoms with Gasteiger partial charge in [-0.05, 0) is 32.1 Å². The van der Waals surface area contributed by atoms with Crippen molar-refractivity contribution in [3.63, 3.8) is 0 Å². The maximum Gasteiger partial charge on any atom is 0.0554 e. The number of nitrogens with zero attached hydrogens (tertiary/aromatic N) is 1. The summed E-state index contributed by atoms with van der Waals surface area (Å²) in [6.45, 7) is 5.36. The Hall–Kier alpha value is -1.18. The van der Waals surface area contributed by atoms with E-state index in [1.54, 1.807) is 0 Å². The average Bonchev–Trinajstić information content (AvgIpc) is 2.32. The Morgan fingerprint density at radius 3 is 3.00 bits per heavy atom. The molecule has 0 saturated carbocycles. The number of rotatable bonds is 0. The SMILES string of the molecule is CC1(C)C=C(N)C=C2C=CCN21. The minimum Gasteiger partial charge on any atom is -0.399 e. The molecular formula is C10H14N2. The maximum atomic E-state index is 5.79. The highest BCUT2D eigenvalue weighted by molar-refractivity contribution is 5.39. The summed E-state index contributed by atoms with van der Waals surface area (Å²) in [6.07, 6.45) is 8.42. The van der Waals surface area contributed by atoms with Crippen molar-refractivity contribution in [3.05, 3.63) is 35.7 Å². The topological polar surface area (TPSA) is 29.3 Å². The van der Waals surface area contributed by atoms with Crippen LogP contribution in [0.4, 0.5) is 0 Å². The van der Waals surface area contributed by atoms with Gasteiger partial charge < -0.3 is 10.6 Å². The van der Waals surface area contributed by atoms with Crippen LogP contribution in [0.3, 0.4) is 0 Å². The molecular weight excluding hydrogens is 148 g/mol. The summed E-state index contributed by atoms with van der Waals surface area (Å²) in [5.41, 5.74) is 7.97. The lowest BCUT2D eigenvalue weighted by atomic mass is 9.97. The van der Waals surface area contributed by atoms with Crippen LogP contribution in [0, 0.1) is 0 Å². The normalized spacial score (nSPS) is 25.0. The van der Waals surface area contributed by atoms with E-state index in [1.807, 2.05) is 6.08 Å². The monoisotopic (exact) mass is 162 g/mol. The van der Waals surface area contributed by atoms with Crippen LogP contribution in [0.2, 0.25) is 0 Å². The number of nitrogens with two attached hydrogens (primary N) is 1. The summed E-state index contributed by atoms with van der Waals surface area (Å²) in [6, 6.07) is 0. The predicted octanol–water partition coefficient (Wildman–Crippen LogP) is 1.38. The maximum absolute atomic E-state index is 5.79. The van der Waals surface area contributed by atoms with E-state index in [-0.39, 0.29) is 5.54 Å². The van der Waals surface area contributed by atoms with Crippen LogP contribution in [-0.4, -0.2) is 17.0 Å². The molecule has 0 aromatic heterocycles. The fourth-order valence-corrected chi connectivity index (χ4v) is 1.87. The minimum atomic E-state index is 0.0671. The first kappa shape index (κ1) is 7.47. The lowest BCUT2D eigenvalue weighted by molar-refractivity contribution is 0.247. The lowest BCUT2D eigenvalue weighted by Crippen LogP contribution is -2.42. The molecule has 0 spiro atoms. The summed E-state index contributed by atoms with van der Waals surface area (Å²) in [5, 5.41) is 0. The van der Waals surface area contributed by atoms with Crippen molar-refractivity contribution in [2.45, 2.75) is 19.4 Å². The van der Waals surface area contributed by atoms with E-state index >= 15 is 0 Å². The molecule has 0 aromatic rings. The number of allylic oxidation sites excluding steroid dienone is 2. The quantitative estimate of drug-likeness (QED) is 0.583. The van der Waals surface area contributed by atoms with Crippen LogP contribution < -0.4 is 5.73 Å². The molecule has 2 heteroatoms. The molecule has 2 heterocycles. The molecule has 12 heavy (non-hydrogen) atoms. The molecule has 0 bridgehead atoms. The second kappa shape index (κ2) is 2.16. The van der Waals surface area contributed by atoms with Gasteiger partial charge >= 0.3 is 0 Å². The molecule has 2 aliphatic rings. The third-order valence-electron chi connectivity index (χ3n) is 2.42. The molecule has 0 fully saturated rings. The van der Waals surface area contributed by atoms with Crippen molar-refractivity contribution in [2.24, 2.45) is 5.73 Å². The van der Waals surface area contributed by atoms with Crippen LogP contribution in [0.25, 0.3) is 0 Å². The highest BCUT2D eigenvalue weighted by atomic mass is 15.2. The minimum absolute atomic E-state index is 0.0671. The molecule has 2 rings (SSSR count). The first-order valence-corrected chi connectivity index (χ1v) is 4.24. The summed E-state index contributed by atoms with van der Waals surface area (Å²) in [5.74, 6) is 0. The highest BCUT2D eigenvalue weighted by Gasteiger charge is 2.29. The van der Waals surface area contributed by atoms with Crippen molar-refractivity contribution in [3.8, 4) is 0 Å². The van der Waals surface area contributed by atoms with E-state index in [9.17, 15) is 0 Å².